The number of carbonyl (C=O) groups is 2. The Labute approximate surface area is 143 Å². The summed E-state index contributed by atoms with van der Waals surface area (Å²) in [5.41, 5.74) is 1.00. The molecule has 1 heterocycles. The molecule has 0 aliphatic carbocycles. The lowest BCUT2D eigenvalue weighted by Crippen LogP contribution is -2.45. The van der Waals surface area contributed by atoms with E-state index in [0.717, 1.165) is 17.7 Å². The predicted molar refractivity (Wildman–Crippen MR) is 90.6 cm³/mol. The second-order valence-electron chi connectivity index (χ2n) is 6.00. The molecule has 0 radical (unpaired) electrons. The van der Waals surface area contributed by atoms with Crippen LogP contribution in [0, 0.1) is 5.92 Å². The molecule has 1 aliphatic heterocycles. The largest absolute Gasteiger partial charge is 0.497 e. The summed E-state index contributed by atoms with van der Waals surface area (Å²) in [7, 11) is 3.26. The van der Waals surface area contributed by atoms with E-state index in [2.05, 4.69) is 5.32 Å². The molecular weight excluding hydrogens is 308 g/mol. The van der Waals surface area contributed by atoms with Crippen molar-refractivity contribution >= 4 is 11.8 Å². The molecule has 0 spiro atoms. The molecular formula is C18H26N2O4. The van der Waals surface area contributed by atoms with Crippen LogP contribution in [0.5, 0.6) is 5.75 Å². The number of piperidine rings is 1. The molecule has 1 unspecified atom stereocenters. The molecule has 132 valence electrons. The fraction of sp³-hybridized carbons (Fsp3) is 0.556. The molecule has 1 aliphatic rings. The van der Waals surface area contributed by atoms with Gasteiger partial charge in [-0.2, -0.15) is 0 Å². The number of likely N-dealkylation sites (tertiary alicyclic amines) is 1. The van der Waals surface area contributed by atoms with Crippen LogP contribution in [0.15, 0.2) is 24.3 Å². The van der Waals surface area contributed by atoms with Gasteiger partial charge in [0, 0.05) is 39.8 Å². The summed E-state index contributed by atoms with van der Waals surface area (Å²) < 4.78 is 10.2. The third-order valence-corrected chi connectivity index (χ3v) is 4.20. The fourth-order valence-corrected chi connectivity index (χ4v) is 2.85. The van der Waals surface area contributed by atoms with Gasteiger partial charge in [-0.05, 0) is 30.5 Å². The highest BCUT2D eigenvalue weighted by molar-refractivity contribution is 5.83. The standard InChI is InChI=1S/C18H26N2O4/c1-23-10-4-9-19-18(22)15-7-8-17(21)20(13-15)12-14-5-3-6-16(11-14)24-2/h3,5-6,11,15H,4,7-10,12-13H2,1-2H3,(H,19,22). The minimum absolute atomic E-state index is 0.0224. The summed E-state index contributed by atoms with van der Waals surface area (Å²) >= 11 is 0. The first kappa shape index (κ1) is 18.3. The van der Waals surface area contributed by atoms with Crippen LogP contribution in [0.2, 0.25) is 0 Å². The van der Waals surface area contributed by atoms with Crippen LogP contribution < -0.4 is 10.1 Å². The van der Waals surface area contributed by atoms with Crippen molar-refractivity contribution in [3.8, 4) is 5.75 Å². The molecule has 1 fully saturated rings. The number of carbonyl (C=O) groups excluding carboxylic acids is 2. The van der Waals surface area contributed by atoms with Gasteiger partial charge in [-0.15, -0.1) is 0 Å². The molecule has 1 aromatic carbocycles. The van der Waals surface area contributed by atoms with Crippen LogP contribution >= 0.6 is 0 Å². The van der Waals surface area contributed by atoms with Crippen molar-refractivity contribution in [2.24, 2.45) is 5.92 Å². The van der Waals surface area contributed by atoms with E-state index in [-0.39, 0.29) is 17.7 Å². The maximum atomic E-state index is 12.3. The highest BCUT2D eigenvalue weighted by Gasteiger charge is 2.30. The summed E-state index contributed by atoms with van der Waals surface area (Å²) in [6, 6.07) is 7.66. The summed E-state index contributed by atoms with van der Waals surface area (Å²) in [5.74, 6) is 0.746. The Hall–Kier alpha value is -2.08. The number of hydrogen-bond acceptors (Lipinski definition) is 4. The molecule has 1 N–H and O–H groups in total. The molecule has 6 heteroatoms. The van der Waals surface area contributed by atoms with Gasteiger partial charge in [0.05, 0.1) is 13.0 Å². The number of rotatable bonds is 8. The van der Waals surface area contributed by atoms with Crippen LogP contribution in [0.3, 0.4) is 0 Å². The lowest BCUT2D eigenvalue weighted by molar-refractivity contribution is -0.138. The quantitative estimate of drug-likeness (QED) is 0.733. The van der Waals surface area contributed by atoms with Gasteiger partial charge in [-0.3, -0.25) is 9.59 Å². The first-order chi connectivity index (χ1) is 11.6. The highest BCUT2D eigenvalue weighted by atomic mass is 16.5. The van der Waals surface area contributed by atoms with Crippen molar-refractivity contribution in [3.63, 3.8) is 0 Å². The topological polar surface area (TPSA) is 67.9 Å². The van der Waals surface area contributed by atoms with Gasteiger partial charge in [0.2, 0.25) is 11.8 Å². The van der Waals surface area contributed by atoms with Crippen molar-refractivity contribution in [2.75, 3.05) is 33.9 Å². The Bertz CT molecular complexity index is 562. The second kappa shape index (κ2) is 9.27. The molecule has 0 saturated carbocycles. The minimum Gasteiger partial charge on any atom is -0.497 e. The Balaban J connectivity index is 1.90. The van der Waals surface area contributed by atoms with E-state index in [1.54, 1.807) is 19.1 Å². The van der Waals surface area contributed by atoms with E-state index in [0.29, 0.717) is 39.1 Å². The average Bonchev–Trinajstić information content (AvgIpc) is 2.60. The zero-order chi connectivity index (χ0) is 17.4. The van der Waals surface area contributed by atoms with Crippen molar-refractivity contribution in [2.45, 2.75) is 25.8 Å². The maximum Gasteiger partial charge on any atom is 0.224 e. The number of amides is 2. The van der Waals surface area contributed by atoms with Crippen molar-refractivity contribution in [1.29, 1.82) is 0 Å². The van der Waals surface area contributed by atoms with Crippen LogP contribution in [-0.4, -0.2) is 50.6 Å². The normalized spacial score (nSPS) is 17.7. The van der Waals surface area contributed by atoms with E-state index in [9.17, 15) is 9.59 Å². The van der Waals surface area contributed by atoms with Gasteiger partial charge >= 0.3 is 0 Å². The maximum absolute atomic E-state index is 12.3. The van der Waals surface area contributed by atoms with Gasteiger partial charge in [-0.1, -0.05) is 12.1 Å². The van der Waals surface area contributed by atoms with Crippen molar-refractivity contribution in [1.82, 2.24) is 10.2 Å². The van der Waals surface area contributed by atoms with Crippen molar-refractivity contribution < 1.29 is 19.1 Å². The lowest BCUT2D eigenvalue weighted by Gasteiger charge is -2.32. The third-order valence-electron chi connectivity index (χ3n) is 4.20. The second-order valence-corrected chi connectivity index (χ2v) is 6.00. The van der Waals surface area contributed by atoms with Gasteiger partial charge in [0.15, 0.2) is 0 Å². The first-order valence-corrected chi connectivity index (χ1v) is 8.31. The summed E-state index contributed by atoms with van der Waals surface area (Å²) in [4.78, 5) is 26.2. The van der Waals surface area contributed by atoms with Crippen LogP contribution in [0.4, 0.5) is 0 Å². The van der Waals surface area contributed by atoms with Crippen LogP contribution in [0.25, 0.3) is 0 Å². The number of methoxy groups -OCH3 is 2. The average molecular weight is 334 g/mol. The molecule has 1 atom stereocenters. The molecule has 1 saturated heterocycles. The Morgan fingerprint density at radius 1 is 1.38 bits per heavy atom. The molecule has 2 amide bonds. The predicted octanol–water partition coefficient (Wildman–Crippen LogP) is 1.59. The number of nitrogens with one attached hydrogen (secondary N) is 1. The van der Waals surface area contributed by atoms with Gasteiger partial charge in [0.25, 0.3) is 0 Å². The Morgan fingerprint density at radius 3 is 2.96 bits per heavy atom. The van der Waals surface area contributed by atoms with Crippen LogP contribution in [-0.2, 0) is 20.9 Å². The lowest BCUT2D eigenvalue weighted by atomic mass is 9.96. The van der Waals surface area contributed by atoms with E-state index in [1.165, 1.54) is 0 Å². The first-order valence-electron chi connectivity index (χ1n) is 8.31. The van der Waals surface area contributed by atoms with E-state index in [1.807, 2.05) is 24.3 Å². The molecule has 6 nitrogen and oxygen atoms in total. The van der Waals surface area contributed by atoms with E-state index < -0.39 is 0 Å². The Kier molecular flexibility index (Phi) is 7.06. The zero-order valence-electron chi connectivity index (χ0n) is 14.4. The molecule has 24 heavy (non-hydrogen) atoms. The van der Waals surface area contributed by atoms with Gasteiger partial charge in [0.1, 0.15) is 5.75 Å². The number of ether oxygens (including phenoxy) is 2. The number of hydrogen-bond donors (Lipinski definition) is 1. The van der Waals surface area contributed by atoms with Crippen molar-refractivity contribution in [3.05, 3.63) is 29.8 Å². The SMILES string of the molecule is COCCCNC(=O)C1CCC(=O)N(Cc2cccc(OC)c2)C1. The molecule has 0 bridgehead atoms. The highest BCUT2D eigenvalue weighted by Crippen LogP contribution is 2.21. The molecule has 1 aromatic rings. The minimum atomic E-state index is -0.143. The molecule has 0 aromatic heterocycles. The number of benzene rings is 1. The monoisotopic (exact) mass is 334 g/mol. The zero-order valence-corrected chi connectivity index (χ0v) is 14.4. The summed E-state index contributed by atoms with van der Waals surface area (Å²) in [5, 5.41) is 2.93. The van der Waals surface area contributed by atoms with Gasteiger partial charge in [-0.25, -0.2) is 0 Å². The smallest absolute Gasteiger partial charge is 0.224 e. The number of nitrogens with zero attached hydrogens (tertiary/aromatic N) is 1. The summed E-state index contributed by atoms with van der Waals surface area (Å²) in [6.45, 7) is 2.20. The molecule has 2 rings (SSSR count). The Morgan fingerprint density at radius 2 is 2.21 bits per heavy atom. The fourth-order valence-electron chi connectivity index (χ4n) is 2.85. The van der Waals surface area contributed by atoms with Gasteiger partial charge < -0.3 is 19.7 Å². The third kappa shape index (κ3) is 5.23. The van der Waals surface area contributed by atoms with E-state index in [4.69, 9.17) is 9.47 Å². The summed E-state index contributed by atoms with van der Waals surface area (Å²) in [6.07, 6.45) is 1.82. The van der Waals surface area contributed by atoms with E-state index >= 15 is 0 Å². The van der Waals surface area contributed by atoms with Crippen LogP contribution in [0.1, 0.15) is 24.8 Å².